The van der Waals surface area contributed by atoms with E-state index < -0.39 is 0 Å². The quantitative estimate of drug-likeness (QED) is 0.799. The third kappa shape index (κ3) is 5.78. The minimum atomic E-state index is -0.0414. The van der Waals surface area contributed by atoms with Crippen LogP contribution in [0, 0.1) is 11.8 Å². The van der Waals surface area contributed by atoms with Crippen LogP contribution in [-0.4, -0.2) is 56.7 Å². The van der Waals surface area contributed by atoms with E-state index in [0.29, 0.717) is 5.92 Å². The Bertz CT molecular complexity index is 572. The second-order valence-electron chi connectivity index (χ2n) is 7.74. The monoisotopic (exact) mass is 378 g/mol. The van der Waals surface area contributed by atoms with Crippen LogP contribution in [-0.2, 0) is 0 Å². The molecule has 2 saturated heterocycles. The normalized spacial score (nSPS) is 21.8. The average molecular weight is 379 g/mol. The maximum atomic E-state index is 12.0. The molecule has 26 heavy (non-hydrogen) atoms. The van der Waals surface area contributed by atoms with Gasteiger partial charge in [-0.2, -0.15) is 0 Å². The summed E-state index contributed by atoms with van der Waals surface area (Å²) in [7, 11) is 0. The molecule has 5 nitrogen and oxygen atoms in total. The highest BCUT2D eigenvalue weighted by molar-refractivity contribution is 6.30. The van der Waals surface area contributed by atoms with Crippen LogP contribution < -0.4 is 15.5 Å². The van der Waals surface area contributed by atoms with Gasteiger partial charge in [0, 0.05) is 43.4 Å². The summed E-state index contributed by atoms with van der Waals surface area (Å²) in [4.78, 5) is 16.8. The number of nitrogens with one attached hydrogen (secondary N) is 2. The molecule has 2 N–H and O–H groups in total. The molecule has 2 aliphatic rings. The number of carbonyl (C=O) groups excluding carboxylic acids is 1. The van der Waals surface area contributed by atoms with Crippen molar-refractivity contribution in [1.29, 1.82) is 0 Å². The molecular weight excluding hydrogens is 348 g/mol. The molecule has 0 aliphatic carbocycles. The largest absolute Gasteiger partial charge is 0.371 e. The van der Waals surface area contributed by atoms with Crippen LogP contribution in [0.15, 0.2) is 24.3 Å². The molecular formula is C20H31ClN4O. The van der Waals surface area contributed by atoms with Gasteiger partial charge in [-0.1, -0.05) is 18.5 Å². The van der Waals surface area contributed by atoms with E-state index in [-0.39, 0.29) is 6.03 Å². The summed E-state index contributed by atoms with van der Waals surface area (Å²) >= 11 is 5.95. The molecule has 0 bridgehead atoms. The van der Waals surface area contributed by atoms with E-state index in [2.05, 4.69) is 39.5 Å². The van der Waals surface area contributed by atoms with Crippen molar-refractivity contribution in [3.05, 3.63) is 29.3 Å². The highest BCUT2D eigenvalue weighted by Crippen LogP contribution is 2.24. The van der Waals surface area contributed by atoms with Crippen LogP contribution in [0.4, 0.5) is 10.5 Å². The summed E-state index contributed by atoms with van der Waals surface area (Å²) in [6.07, 6.45) is 3.66. The van der Waals surface area contributed by atoms with Crippen molar-refractivity contribution in [2.45, 2.75) is 26.2 Å². The third-order valence-electron chi connectivity index (χ3n) is 5.62. The first-order chi connectivity index (χ1) is 12.6. The minimum Gasteiger partial charge on any atom is -0.371 e. The summed E-state index contributed by atoms with van der Waals surface area (Å²) in [5.74, 6) is 1.35. The van der Waals surface area contributed by atoms with Crippen molar-refractivity contribution in [2.75, 3.05) is 50.7 Å². The van der Waals surface area contributed by atoms with Crippen LogP contribution in [0.1, 0.15) is 26.2 Å². The predicted molar refractivity (Wildman–Crippen MR) is 108 cm³/mol. The number of urea groups is 1. The van der Waals surface area contributed by atoms with Gasteiger partial charge in [0.1, 0.15) is 0 Å². The number of anilines is 1. The first kappa shape index (κ1) is 19.3. The third-order valence-corrected chi connectivity index (χ3v) is 5.87. The van der Waals surface area contributed by atoms with Crippen LogP contribution >= 0.6 is 11.6 Å². The number of rotatable bonds is 6. The topological polar surface area (TPSA) is 47.6 Å². The van der Waals surface area contributed by atoms with Crippen molar-refractivity contribution in [3.8, 4) is 0 Å². The Kier molecular flexibility index (Phi) is 7.03. The second kappa shape index (κ2) is 9.47. The molecule has 2 amide bonds. The maximum absolute atomic E-state index is 12.0. The van der Waals surface area contributed by atoms with Gasteiger partial charge in [0.05, 0.1) is 0 Å². The number of piperidine rings is 1. The summed E-state index contributed by atoms with van der Waals surface area (Å²) < 4.78 is 0. The number of likely N-dealkylation sites (tertiary alicyclic amines) is 1. The number of halogens is 1. The van der Waals surface area contributed by atoms with Crippen LogP contribution in [0.25, 0.3) is 0 Å². The maximum Gasteiger partial charge on any atom is 0.314 e. The zero-order valence-corrected chi connectivity index (χ0v) is 16.5. The zero-order valence-electron chi connectivity index (χ0n) is 15.7. The molecule has 1 atom stereocenters. The van der Waals surface area contributed by atoms with Crippen LogP contribution in [0.2, 0.25) is 5.02 Å². The Balaban J connectivity index is 1.29. The van der Waals surface area contributed by atoms with E-state index in [4.69, 9.17) is 11.6 Å². The highest BCUT2D eigenvalue weighted by atomic mass is 35.5. The summed E-state index contributed by atoms with van der Waals surface area (Å²) in [5.41, 5.74) is 1.21. The van der Waals surface area contributed by atoms with Gasteiger partial charge < -0.3 is 20.4 Å². The Morgan fingerprint density at radius 3 is 2.58 bits per heavy atom. The van der Waals surface area contributed by atoms with Crippen molar-refractivity contribution in [1.82, 2.24) is 15.5 Å². The lowest BCUT2D eigenvalue weighted by molar-refractivity contribution is 0.191. The van der Waals surface area contributed by atoms with Crippen molar-refractivity contribution in [2.24, 2.45) is 11.8 Å². The fourth-order valence-corrected chi connectivity index (χ4v) is 3.92. The van der Waals surface area contributed by atoms with Crippen molar-refractivity contribution < 1.29 is 4.79 Å². The second-order valence-corrected chi connectivity index (χ2v) is 8.17. The Morgan fingerprint density at radius 1 is 1.12 bits per heavy atom. The van der Waals surface area contributed by atoms with E-state index in [1.54, 1.807) is 0 Å². The minimum absolute atomic E-state index is 0.0414. The molecule has 2 fully saturated rings. The number of amides is 2. The van der Waals surface area contributed by atoms with Crippen LogP contribution in [0.3, 0.4) is 0 Å². The Morgan fingerprint density at radius 2 is 1.85 bits per heavy atom. The molecule has 2 heterocycles. The lowest BCUT2D eigenvalue weighted by atomic mass is 9.99. The standard InChI is InChI=1S/C20H31ClN4O/c1-16-6-10-24(11-7-16)13-9-22-20(26)23-14-17-8-12-25(15-17)19-4-2-18(21)3-5-19/h2-5,16-17H,6-15H2,1H3,(H2,22,23,26). The zero-order chi connectivity index (χ0) is 18.4. The smallest absolute Gasteiger partial charge is 0.314 e. The number of hydrogen-bond donors (Lipinski definition) is 2. The van der Waals surface area contributed by atoms with Gasteiger partial charge in [-0.3, -0.25) is 0 Å². The number of nitrogens with zero attached hydrogens (tertiary/aromatic N) is 2. The van der Waals surface area contributed by atoms with E-state index in [9.17, 15) is 4.79 Å². The molecule has 0 aromatic heterocycles. The Labute approximate surface area is 162 Å². The van der Waals surface area contributed by atoms with Gasteiger partial charge in [-0.05, 0) is 68.5 Å². The molecule has 3 rings (SSSR count). The van der Waals surface area contributed by atoms with Gasteiger partial charge in [0.2, 0.25) is 0 Å². The summed E-state index contributed by atoms with van der Waals surface area (Å²) in [6, 6.07) is 7.94. The van der Waals surface area contributed by atoms with E-state index >= 15 is 0 Å². The number of carbonyl (C=O) groups is 1. The molecule has 2 aliphatic heterocycles. The van der Waals surface area contributed by atoms with Gasteiger partial charge >= 0.3 is 6.03 Å². The fraction of sp³-hybridized carbons (Fsp3) is 0.650. The van der Waals surface area contributed by atoms with Gasteiger partial charge in [-0.15, -0.1) is 0 Å². The molecule has 1 unspecified atom stereocenters. The average Bonchev–Trinajstić information content (AvgIpc) is 3.11. The number of hydrogen-bond acceptors (Lipinski definition) is 3. The molecule has 1 aromatic carbocycles. The molecule has 1 aromatic rings. The molecule has 144 valence electrons. The van der Waals surface area contributed by atoms with Gasteiger partial charge in [0.25, 0.3) is 0 Å². The first-order valence-corrected chi connectivity index (χ1v) is 10.2. The lowest BCUT2D eigenvalue weighted by Gasteiger charge is -2.30. The molecule has 6 heteroatoms. The number of benzene rings is 1. The SMILES string of the molecule is CC1CCN(CCNC(=O)NCC2CCN(c3ccc(Cl)cc3)C2)CC1. The predicted octanol–water partition coefficient (Wildman–Crippen LogP) is 3.20. The molecule has 0 spiro atoms. The summed E-state index contributed by atoms with van der Waals surface area (Å²) in [6.45, 7) is 9.06. The Hall–Kier alpha value is -1.46. The first-order valence-electron chi connectivity index (χ1n) is 9.84. The molecule has 0 saturated carbocycles. The summed E-state index contributed by atoms with van der Waals surface area (Å²) in [5, 5.41) is 6.79. The lowest BCUT2D eigenvalue weighted by Crippen LogP contribution is -2.43. The van der Waals surface area contributed by atoms with Crippen molar-refractivity contribution in [3.63, 3.8) is 0 Å². The van der Waals surface area contributed by atoms with E-state index in [0.717, 1.165) is 63.2 Å². The van der Waals surface area contributed by atoms with Gasteiger partial charge in [0.15, 0.2) is 0 Å². The van der Waals surface area contributed by atoms with Crippen LogP contribution in [0.5, 0.6) is 0 Å². The van der Waals surface area contributed by atoms with E-state index in [1.807, 2.05) is 12.1 Å². The van der Waals surface area contributed by atoms with Crippen molar-refractivity contribution >= 4 is 23.3 Å². The van der Waals surface area contributed by atoms with E-state index in [1.165, 1.54) is 18.5 Å². The fourth-order valence-electron chi connectivity index (χ4n) is 3.80. The van der Waals surface area contributed by atoms with Gasteiger partial charge in [-0.25, -0.2) is 4.79 Å². The molecule has 0 radical (unpaired) electrons. The highest BCUT2D eigenvalue weighted by Gasteiger charge is 2.23.